The first-order valence-electron chi connectivity index (χ1n) is 6.42. The zero-order valence-electron chi connectivity index (χ0n) is 11.5. The van der Waals surface area contributed by atoms with Crippen molar-refractivity contribution in [2.45, 2.75) is 5.32 Å². The van der Waals surface area contributed by atoms with Crippen LogP contribution in [0.2, 0.25) is 0 Å². The van der Waals surface area contributed by atoms with E-state index in [-0.39, 0.29) is 0 Å². The summed E-state index contributed by atoms with van der Waals surface area (Å²) in [6.07, 6.45) is 1.73. The van der Waals surface area contributed by atoms with Crippen molar-refractivity contribution < 1.29 is 9.47 Å². The van der Waals surface area contributed by atoms with Gasteiger partial charge in [-0.15, -0.1) is 0 Å². The van der Waals surface area contributed by atoms with Gasteiger partial charge in [-0.2, -0.15) is 0 Å². The third kappa shape index (κ3) is 4.16. The van der Waals surface area contributed by atoms with Crippen molar-refractivity contribution in [3.8, 4) is 11.5 Å². The van der Waals surface area contributed by atoms with Gasteiger partial charge in [-0.05, 0) is 0 Å². The van der Waals surface area contributed by atoms with Crippen LogP contribution >= 0.6 is 0 Å². The van der Waals surface area contributed by atoms with E-state index >= 15 is 0 Å². The summed E-state index contributed by atoms with van der Waals surface area (Å²) in [4.78, 5) is 0. The van der Waals surface area contributed by atoms with E-state index in [0.717, 1.165) is 16.8 Å². The molecule has 2 rings (SSSR count). The zero-order chi connectivity index (χ0) is 14.2. The summed E-state index contributed by atoms with van der Waals surface area (Å²) in [6, 6.07) is 16.7. The maximum atomic E-state index is 5.56. The molecule has 0 radical (unpaired) electrons. The number of hydrogen-bond acceptors (Lipinski definition) is 2. The van der Waals surface area contributed by atoms with Crippen molar-refractivity contribution in [1.82, 2.24) is 0 Å². The molecule has 0 unspecified atom stereocenters. The van der Waals surface area contributed by atoms with E-state index in [0.29, 0.717) is 21.6 Å². The van der Waals surface area contributed by atoms with Crippen LogP contribution in [0.25, 0.3) is 0 Å². The van der Waals surface area contributed by atoms with E-state index in [9.17, 15) is 0 Å². The Labute approximate surface area is 126 Å². The second-order valence-electron chi connectivity index (χ2n) is 4.19. The van der Waals surface area contributed by atoms with Crippen LogP contribution in [0.5, 0.6) is 11.5 Å². The molecule has 0 heterocycles. The number of rotatable bonds is 7. The Morgan fingerprint density at radius 1 is 1.10 bits per heavy atom. The Kier molecular flexibility index (Phi) is 5.72. The molecule has 2 aromatic rings. The topological polar surface area (TPSA) is 18.5 Å². The Hall–Kier alpha value is -1.70. The maximum absolute atomic E-state index is 5.56. The second-order valence-corrected chi connectivity index (χ2v) is 6.39. The fourth-order valence-electron chi connectivity index (χ4n) is 1.75. The molecule has 0 saturated heterocycles. The Morgan fingerprint density at radius 3 is 2.60 bits per heavy atom. The van der Waals surface area contributed by atoms with Crippen LogP contribution in [0, 0.1) is 0 Å². The number of benzene rings is 2. The van der Waals surface area contributed by atoms with Gasteiger partial charge in [-0.1, -0.05) is 0 Å². The van der Waals surface area contributed by atoms with Gasteiger partial charge in [0.25, 0.3) is 0 Å². The summed E-state index contributed by atoms with van der Waals surface area (Å²) < 4.78 is 12.3. The summed E-state index contributed by atoms with van der Waals surface area (Å²) >= 11 is 0.440. The molecular formula is C17H18O2Se. The van der Waals surface area contributed by atoms with Gasteiger partial charge in [0, 0.05) is 0 Å². The van der Waals surface area contributed by atoms with Crippen molar-refractivity contribution in [2.24, 2.45) is 0 Å². The summed E-state index contributed by atoms with van der Waals surface area (Å²) in [5.74, 6) is 1.55. The second kappa shape index (κ2) is 7.78. The molecule has 3 heteroatoms. The van der Waals surface area contributed by atoms with Crippen LogP contribution in [-0.4, -0.2) is 28.7 Å². The number of methoxy groups -OCH3 is 1. The van der Waals surface area contributed by atoms with E-state index in [4.69, 9.17) is 9.47 Å². The molecule has 0 aromatic heterocycles. The van der Waals surface area contributed by atoms with Crippen LogP contribution in [0.4, 0.5) is 0 Å². The van der Waals surface area contributed by atoms with E-state index in [1.165, 1.54) is 10.0 Å². The minimum atomic E-state index is 0.440. The van der Waals surface area contributed by atoms with Crippen molar-refractivity contribution in [1.29, 1.82) is 0 Å². The van der Waals surface area contributed by atoms with Gasteiger partial charge < -0.3 is 0 Å². The molecule has 0 amide bonds. The molecule has 2 aromatic carbocycles. The Morgan fingerprint density at radius 2 is 1.90 bits per heavy atom. The number of hydrogen-bond donors (Lipinski definition) is 0. The van der Waals surface area contributed by atoms with Crippen LogP contribution in [0.15, 0.2) is 61.2 Å². The van der Waals surface area contributed by atoms with Gasteiger partial charge in [0.1, 0.15) is 0 Å². The molecule has 104 valence electrons. The van der Waals surface area contributed by atoms with Crippen molar-refractivity contribution >= 4 is 19.4 Å². The first-order chi connectivity index (χ1) is 9.83. The molecular weight excluding hydrogens is 315 g/mol. The molecule has 0 aliphatic carbocycles. The summed E-state index contributed by atoms with van der Waals surface area (Å²) in [6.45, 7) is 4.14. The molecule has 0 spiro atoms. The predicted octanol–water partition coefficient (Wildman–Crippen LogP) is 2.79. The van der Waals surface area contributed by atoms with Crippen LogP contribution < -0.4 is 13.9 Å². The fraction of sp³-hybridized carbons (Fsp3) is 0.176. The monoisotopic (exact) mass is 334 g/mol. The van der Waals surface area contributed by atoms with Crippen molar-refractivity contribution in [3.05, 3.63) is 66.7 Å². The molecule has 0 fully saturated rings. The van der Waals surface area contributed by atoms with E-state index in [1.54, 1.807) is 13.2 Å². The minimum absolute atomic E-state index is 0.440. The Balaban J connectivity index is 2.03. The van der Waals surface area contributed by atoms with Crippen LogP contribution in [-0.2, 0) is 5.32 Å². The molecule has 0 aliphatic heterocycles. The summed E-state index contributed by atoms with van der Waals surface area (Å²) in [7, 11) is 1.67. The predicted molar refractivity (Wildman–Crippen MR) is 84.2 cm³/mol. The SMILES string of the molecule is C=CCOc1ccc(C[Se]c2ccccc2)cc1OC. The van der Waals surface area contributed by atoms with Gasteiger partial charge in [-0.25, -0.2) is 0 Å². The standard InChI is InChI=1S/C17H18O2Se/c1-3-11-19-16-10-9-14(12-17(16)18-2)13-20-15-7-5-4-6-8-15/h3-10,12H,1,11,13H2,2H3. The number of ether oxygens (including phenoxy) is 2. The molecule has 0 atom stereocenters. The average molecular weight is 333 g/mol. The molecule has 20 heavy (non-hydrogen) atoms. The van der Waals surface area contributed by atoms with Gasteiger partial charge >= 0.3 is 126 Å². The first kappa shape index (κ1) is 14.7. The van der Waals surface area contributed by atoms with Crippen LogP contribution in [0.3, 0.4) is 0 Å². The molecule has 0 N–H and O–H groups in total. The van der Waals surface area contributed by atoms with E-state index in [2.05, 4.69) is 43.0 Å². The zero-order valence-corrected chi connectivity index (χ0v) is 13.3. The quantitative estimate of drug-likeness (QED) is 0.573. The van der Waals surface area contributed by atoms with E-state index in [1.807, 2.05) is 12.1 Å². The van der Waals surface area contributed by atoms with Gasteiger partial charge in [0.05, 0.1) is 0 Å². The normalized spacial score (nSPS) is 10.1. The summed E-state index contributed by atoms with van der Waals surface area (Å²) in [5, 5.41) is 1.05. The molecule has 2 nitrogen and oxygen atoms in total. The van der Waals surface area contributed by atoms with Gasteiger partial charge in [0.2, 0.25) is 0 Å². The van der Waals surface area contributed by atoms with E-state index < -0.39 is 0 Å². The van der Waals surface area contributed by atoms with Gasteiger partial charge in [-0.3, -0.25) is 0 Å². The van der Waals surface area contributed by atoms with Gasteiger partial charge in [0.15, 0.2) is 0 Å². The van der Waals surface area contributed by atoms with Crippen molar-refractivity contribution in [3.63, 3.8) is 0 Å². The average Bonchev–Trinajstić information content (AvgIpc) is 2.52. The summed E-state index contributed by atoms with van der Waals surface area (Å²) in [5.41, 5.74) is 1.27. The molecule has 0 aliphatic rings. The first-order valence-corrected chi connectivity index (χ1v) is 8.48. The Bertz CT molecular complexity index is 552. The third-order valence-corrected chi connectivity index (χ3v) is 5.01. The molecule has 0 bridgehead atoms. The van der Waals surface area contributed by atoms with Crippen LogP contribution in [0.1, 0.15) is 5.56 Å². The fourth-order valence-corrected chi connectivity index (χ4v) is 3.56. The van der Waals surface area contributed by atoms with Crippen molar-refractivity contribution in [2.75, 3.05) is 13.7 Å². The molecule has 0 saturated carbocycles. The third-order valence-electron chi connectivity index (χ3n) is 2.73.